The molecule has 0 bridgehead atoms. The second kappa shape index (κ2) is 8.72. The van der Waals surface area contributed by atoms with Crippen molar-refractivity contribution in [1.29, 1.82) is 0 Å². The Morgan fingerprint density at radius 1 is 1.19 bits per heavy atom. The lowest BCUT2D eigenvalue weighted by molar-refractivity contribution is 0.0229. The number of nitrogens with one attached hydrogen (secondary N) is 1. The largest absolute Gasteiger partial charge is 0.508 e. The fourth-order valence-electron chi connectivity index (χ4n) is 2.26. The highest BCUT2D eigenvalue weighted by molar-refractivity contribution is 5.91. The summed E-state index contributed by atoms with van der Waals surface area (Å²) in [4.78, 5) is 29.9. The van der Waals surface area contributed by atoms with Crippen LogP contribution < -0.4 is 10.2 Å². The molecule has 0 aliphatic rings. The molecule has 0 saturated carbocycles. The van der Waals surface area contributed by atoms with Gasteiger partial charge >= 0.3 is 0 Å². The average Bonchev–Trinajstić information content (AvgIpc) is 2.69. The maximum absolute atomic E-state index is 12.2. The van der Waals surface area contributed by atoms with E-state index in [-0.39, 0.29) is 18.1 Å². The number of phenols is 1. The average molecular weight is 366 g/mol. The number of phenolic OH excluding ortho intramolecular Hbond substituents is 1. The van der Waals surface area contributed by atoms with Crippen molar-refractivity contribution in [2.45, 2.75) is 13.5 Å². The molecule has 27 heavy (non-hydrogen) atoms. The number of aromatic nitrogens is 3. The molecule has 8 heteroatoms. The molecule has 0 unspecified atom stereocenters. The quantitative estimate of drug-likeness (QED) is 0.619. The van der Waals surface area contributed by atoms with E-state index in [0.717, 1.165) is 5.56 Å². The third-order valence-corrected chi connectivity index (χ3v) is 3.51. The van der Waals surface area contributed by atoms with Gasteiger partial charge in [0.2, 0.25) is 5.88 Å². The van der Waals surface area contributed by atoms with Crippen LogP contribution in [0.3, 0.4) is 0 Å². The van der Waals surface area contributed by atoms with Crippen molar-refractivity contribution in [1.82, 2.24) is 20.4 Å². The number of carbonyl (C=O) groups excluding carboxylic acids is 1. The van der Waals surface area contributed by atoms with Crippen molar-refractivity contribution in [3.05, 3.63) is 66.2 Å². The summed E-state index contributed by atoms with van der Waals surface area (Å²) >= 11 is 0. The van der Waals surface area contributed by atoms with Gasteiger partial charge < -0.3 is 9.84 Å². The molecule has 0 atom stereocenters. The Labute approximate surface area is 155 Å². The SMILES string of the molecule is CCOc1ccc(-c2cncc(C(=O)NOCc3cccc(O)c3)n2)cn1. The van der Waals surface area contributed by atoms with E-state index < -0.39 is 5.91 Å². The van der Waals surface area contributed by atoms with Crippen molar-refractivity contribution in [3.63, 3.8) is 0 Å². The number of aromatic hydroxyl groups is 1. The standard InChI is InChI=1S/C19H18N4O4/c1-2-26-18-7-6-14(9-21-18)16-10-20-11-17(22-16)19(25)23-27-12-13-4-3-5-15(24)8-13/h3-11,24H,2,12H2,1H3,(H,23,25). The first-order valence-electron chi connectivity index (χ1n) is 8.27. The Morgan fingerprint density at radius 3 is 2.81 bits per heavy atom. The number of rotatable bonds is 7. The van der Waals surface area contributed by atoms with Gasteiger partial charge in [-0.25, -0.2) is 15.4 Å². The Kier molecular flexibility index (Phi) is 5.91. The molecule has 0 aliphatic carbocycles. The van der Waals surface area contributed by atoms with Crippen molar-refractivity contribution < 1.29 is 19.5 Å². The summed E-state index contributed by atoms with van der Waals surface area (Å²) in [7, 11) is 0. The summed E-state index contributed by atoms with van der Waals surface area (Å²) < 4.78 is 5.30. The second-order valence-corrected chi connectivity index (χ2v) is 5.50. The lowest BCUT2D eigenvalue weighted by atomic mass is 10.2. The van der Waals surface area contributed by atoms with Crippen LogP contribution in [0.2, 0.25) is 0 Å². The van der Waals surface area contributed by atoms with Gasteiger partial charge in [-0.05, 0) is 30.7 Å². The van der Waals surface area contributed by atoms with Gasteiger partial charge in [-0.15, -0.1) is 0 Å². The van der Waals surface area contributed by atoms with Crippen molar-refractivity contribution in [2.24, 2.45) is 0 Å². The molecule has 0 spiro atoms. The van der Waals surface area contributed by atoms with Gasteiger partial charge in [0.05, 0.1) is 31.3 Å². The predicted molar refractivity (Wildman–Crippen MR) is 96.8 cm³/mol. The van der Waals surface area contributed by atoms with Crippen LogP contribution in [0.15, 0.2) is 55.0 Å². The molecule has 1 aromatic carbocycles. The summed E-state index contributed by atoms with van der Waals surface area (Å²) in [6.07, 6.45) is 4.50. The zero-order chi connectivity index (χ0) is 19.1. The number of carbonyl (C=O) groups is 1. The highest BCUT2D eigenvalue weighted by atomic mass is 16.6. The Morgan fingerprint density at radius 2 is 2.07 bits per heavy atom. The van der Waals surface area contributed by atoms with E-state index in [9.17, 15) is 9.90 Å². The molecule has 8 nitrogen and oxygen atoms in total. The summed E-state index contributed by atoms with van der Waals surface area (Å²) in [5, 5.41) is 9.41. The number of amides is 1. The molecular formula is C19H18N4O4. The van der Waals surface area contributed by atoms with Gasteiger partial charge in [-0.2, -0.15) is 0 Å². The molecule has 3 aromatic rings. The van der Waals surface area contributed by atoms with Gasteiger partial charge in [-0.1, -0.05) is 12.1 Å². The number of pyridine rings is 1. The third kappa shape index (κ3) is 4.99. The van der Waals surface area contributed by atoms with E-state index in [1.807, 2.05) is 6.92 Å². The fourth-order valence-corrected chi connectivity index (χ4v) is 2.26. The normalized spacial score (nSPS) is 10.4. The maximum Gasteiger partial charge on any atom is 0.295 e. The number of hydroxylamine groups is 1. The summed E-state index contributed by atoms with van der Waals surface area (Å²) in [5.41, 5.74) is 4.35. The van der Waals surface area contributed by atoms with Crippen LogP contribution in [0.25, 0.3) is 11.3 Å². The molecule has 2 heterocycles. The number of nitrogens with zero attached hydrogens (tertiary/aromatic N) is 3. The van der Waals surface area contributed by atoms with Crippen LogP contribution in [0.4, 0.5) is 0 Å². The van der Waals surface area contributed by atoms with E-state index in [1.54, 1.807) is 48.8 Å². The Bertz CT molecular complexity index is 916. The van der Waals surface area contributed by atoms with Crippen LogP contribution in [0.5, 0.6) is 11.6 Å². The van der Waals surface area contributed by atoms with Crippen LogP contribution in [-0.2, 0) is 11.4 Å². The summed E-state index contributed by atoms with van der Waals surface area (Å²) in [6, 6.07) is 10.1. The minimum Gasteiger partial charge on any atom is -0.508 e. The highest BCUT2D eigenvalue weighted by Gasteiger charge is 2.11. The minimum absolute atomic E-state index is 0.107. The molecule has 0 fully saturated rings. The molecule has 0 saturated heterocycles. The molecule has 2 aromatic heterocycles. The maximum atomic E-state index is 12.2. The number of benzene rings is 1. The molecule has 2 N–H and O–H groups in total. The second-order valence-electron chi connectivity index (χ2n) is 5.50. The fraction of sp³-hybridized carbons (Fsp3) is 0.158. The lowest BCUT2D eigenvalue weighted by Gasteiger charge is -2.07. The first-order valence-corrected chi connectivity index (χ1v) is 8.27. The Balaban J connectivity index is 1.63. The zero-order valence-corrected chi connectivity index (χ0v) is 14.6. The first-order chi connectivity index (χ1) is 13.2. The van der Waals surface area contributed by atoms with Gasteiger partial charge in [0.15, 0.2) is 0 Å². The summed E-state index contributed by atoms with van der Waals surface area (Å²) in [6.45, 7) is 2.52. The first kappa shape index (κ1) is 18.3. The van der Waals surface area contributed by atoms with E-state index in [0.29, 0.717) is 23.7 Å². The van der Waals surface area contributed by atoms with Crippen LogP contribution in [-0.4, -0.2) is 32.6 Å². The van der Waals surface area contributed by atoms with E-state index >= 15 is 0 Å². The molecule has 3 rings (SSSR count). The van der Waals surface area contributed by atoms with Crippen molar-refractivity contribution in [2.75, 3.05) is 6.61 Å². The lowest BCUT2D eigenvalue weighted by Crippen LogP contribution is -2.24. The Hall–Kier alpha value is -3.52. The van der Waals surface area contributed by atoms with E-state index in [2.05, 4.69) is 20.4 Å². The van der Waals surface area contributed by atoms with Crippen LogP contribution in [0.1, 0.15) is 23.0 Å². The van der Waals surface area contributed by atoms with Gasteiger partial charge in [0.1, 0.15) is 11.4 Å². The third-order valence-electron chi connectivity index (χ3n) is 3.51. The van der Waals surface area contributed by atoms with Crippen LogP contribution in [0, 0.1) is 0 Å². The van der Waals surface area contributed by atoms with Crippen molar-refractivity contribution >= 4 is 5.91 Å². The minimum atomic E-state index is -0.525. The topological polar surface area (TPSA) is 106 Å². The van der Waals surface area contributed by atoms with Crippen LogP contribution >= 0.6 is 0 Å². The number of hydrogen-bond acceptors (Lipinski definition) is 7. The zero-order valence-electron chi connectivity index (χ0n) is 14.6. The van der Waals surface area contributed by atoms with Gasteiger partial charge in [-0.3, -0.25) is 14.6 Å². The molecule has 0 radical (unpaired) electrons. The number of ether oxygens (including phenoxy) is 1. The predicted octanol–water partition coefficient (Wildman–Crippen LogP) is 2.50. The summed E-state index contributed by atoms with van der Waals surface area (Å²) in [5.74, 6) is 0.122. The number of hydrogen-bond donors (Lipinski definition) is 2. The smallest absolute Gasteiger partial charge is 0.295 e. The van der Waals surface area contributed by atoms with Gasteiger partial charge in [0.25, 0.3) is 5.91 Å². The molecule has 0 aliphatic heterocycles. The molecule has 1 amide bonds. The highest BCUT2D eigenvalue weighted by Crippen LogP contribution is 2.18. The monoisotopic (exact) mass is 366 g/mol. The van der Waals surface area contributed by atoms with Gasteiger partial charge in [0, 0.05) is 17.8 Å². The van der Waals surface area contributed by atoms with Crippen molar-refractivity contribution in [3.8, 4) is 22.9 Å². The molecular weight excluding hydrogens is 348 g/mol. The van der Waals surface area contributed by atoms with E-state index in [4.69, 9.17) is 9.57 Å². The van der Waals surface area contributed by atoms with E-state index in [1.165, 1.54) is 6.20 Å². The molecule has 138 valence electrons.